The fraction of sp³-hybridized carbons (Fsp3) is 0.192. The van der Waals surface area contributed by atoms with Crippen molar-refractivity contribution in [2.45, 2.75) is 33.1 Å². The van der Waals surface area contributed by atoms with E-state index in [1.807, 2.05) is 19.1 Å². The average molecular weight is 430 g/mol. The molecule has 0 aliphatic rings. The number of amides is 4. The van der Waals surface area contributed by atoms with Crippen molar-refractivity contribution in [3.05, 3.63) is 95.1 Å². The summed E-state index contributed by atoms with van der Waals surface area (Å²) in [6.45, 7) is 8.28. The average Bonchev–Trinajstić information content (AvgIpc) is 2.75. The van der Waals surface area contributed by atoms with Gasteiger partial charge in [-0.1, -0.05) is 50.6 Å². The Morgan fingerprint density at radius 3 is 1.62 bits per heavy atom. The van der Waals surface area contributed by atoms with Gasteiger partial charge in [0.1, 0.15) is 0 Å². The molecule has 32 heavy (non-hydrogen) atoms. The van der Waals surface area contributed by atoms with Gasteiger partial charge in [-0.3, -0.25) is 14.9 Å². The van der Waals surface area contributed by atoms with Crippen LogP contribution in [-0.2, 0) is 5.41 Å². The van der Waals surface area contributed by atoms with Gasteiger partial charge in [0.05, 0.1) is 0 Å². The number of carbonyl (C=O) groups excluding carboxylic acids is 3. The third kappa shape index (κ3) is 6.04. The summed E-state index contributed by atoms with van der Waals surface area (Å²) in [6, 6.07) is 20.5. The summed E-state index contributed by atoms with van der Waals surface area (Å²) in [5.74, 6) is -0.698. The van der Waals surface area contributed by atoms with Crippen LogP contribution in [0, 0.1) is 6.92 Å². The number of rotatable bonds is 4. The number of carbonyl (C=O) groups is 3. The van der Waals surface area contributed by atoms with Gasteiger partial charge in [-0.15, -0.1) is 0 Å². The molecule has 3 N–H and O–H groups in total. The molecule has 0 aromatic heterocycles. The van der Waals surface area contributed by atoms with Gasteiger partial charge in [-0.05, 0) is 66.4 Å². The number of imide groups is 1. The highest BCUT2D eigenvalue weighted by Crippen LogP contribution is 2.22. The van der Waals surface area contributed by atoms with E-state index in [1.54, 1.807) is 60.7 Å². The SMILES string of the molecule is Cc1ccc(C(=O)NC(=O)Nc2ccc(NC(=O)c3ccc(C(C)(C)C)cc3)cc2)cc1. The molecule has 0 radical (unpaired) electrons. The first kappa shape index (κ1) is 22.7. The summed E-state index contributed by atoms with van der Waals surface area (Å²) in [6.07, 6.45) is 0. The Hall–Kier alpha value is -3.93. The molecule has 0 unspecified atom stereocenters. The summed E-state index contributed by atoms with van der Waals surface area (Å²) in [5.41, 5.74) is 4.26. The molecule has 0 saturated carbocycles. The second-order valence-corrected chi connectivity index (χ2v) is 8.63. The number of hydrogen-bond acceptors (Lipinski definition) is 3. The molecule has 3 rings (SSSR count). The zero-order valence-electron chi connectivity index (χ0n) is 18.7. The molecule has 0 aliphatic carbocycles. The van der Waals surface area contributed by atoms with Crippen molar-refractivity contribution >= 4 is 29.2 Å². The Morgan fingerprint density at radius 1 is 0.625 bits per heavy atom. The molecule has 4 amide bonds. The van der Waals surface area contributed by atoms with E-state index in [9.17, 15) is 14.4 Å². The topological polar surface area (TPSA) is 87.3 Å². The van der Waals surface area contributed by atoms with Crippen molar-refractivity contribution in [3.8, 4) is 0 Å². The fourth-order valence-electron chi connectivity index (χ4n) is 3.00. The molecule has 0 bridgehead atoms. The summed E-state index contributed by atoms with van der Waals surface area (Å²) < 4.78 is 0. The Kier molecular flexibility index (Phi) is 6.73. The molecule has 3 aromatic carbocycles. The van der Waals surface area contributed by atoms with Crippen LogP contribution in [0.4, 0.5) is 16.2 Å². The van der Waals surface area contributed by atoms with Crippen molar-refractivity contribution < 1.29 is 14.4 Å². The van der Waals surface area contributed by atoms with Crippen LogP contribution >= 0.6 is 0 Å². The van der Waals surface area contributed by atoms with E-state index in [4.69, 9.17) is 0 Å². The third-order valence-corrected chi connectivity index (χ3v) is 4.95. The largest absolute Gasteiger partial charge is 0.326 e. The van der Waals surface area contributed by atoms with Gasteiger partial charge in [0.25, 0.3) is 11.8 Å². The van der Waals surface area contributed by atoms with Crippen LogP contribution < -0.4 is 16.0 Å². The van der Waals surface area contributed by atoms with E-state index in [2.05, 4.69) is 36.7 Å². The second-order valence-electron chi connectivity index (χ2n) is 8.63. The molecule has 0 atom stereocenters. The lowest BCUT2D eigenvalue weighted by Crippen LogP contribution is -2.34. The number of benzene rings is 3. The van der Waals surface area contributed by atoms with Crippen molar-refractivity contribution in [2.75, 3.05) is 10.6 Å². The van der Waals surface area contributed by atoms with Gasteiger partial charge in [0, 0.05) is 22.5 Å². The predicted octanol–water partition coefficient (Wildman–Crippen LogP) is 5.51. The third-order valence-electron chi connectivity index (χ3n) is 4.95. The summed E-state index contributed by atoms with van der Waals surface area (Å²) in [7, 11) is 0. The minimum atomic E-state index is -0.633. The zero-order valence-corrected chi connectivity index (χ0v) is 18.7. The van der Waals surface area contributed by atoms with Crippen molar-refractivity contribution in [1.29, 1.82) is 0 Å². The van der Waals surface area contributed by atoms with Crippen LogP contribution in [0.2, 0.25) is 0 Å². The van der Waals surface area contributed by atoms with Crippen LogP contribution in [0.25, 0.3) is 0 Å². The Labute approximate surface area is 188 Å². The number of urea groups is 1. The maximum Gasteiger partial charge on any atom is 0.326 e. The lowest BCUT2D eigenvalue weighted by Gasteiger charge is -2.19. The lowest BCUT2D eigenvalue weighted by atomic mass is 9.87. The monoisotopic (exact) mass is 429 g/mol. The van der Waals surface area contributed by atoms with Crippen molar-refractivity contribution in [1.82, 2.24) is 5.32 Å². The van der Waals surface area contributed by atoms with Gasteiger partial charge in [0.15, 0.2) is 0 Å². The van der Waals surface area contributed by atoms with Gasteiger partial charge >= 0.3 is 6.03 Å². The van der Waals surface area contributed by atoms with Crippen LogP contribution in [-0.4, -0.2) is 17.8 Å². The van der Waals surface area contributed by atoms with Crippen molar-refractivity contribution in [3.63, 3.8) is 0 Å². The Bertz CT molecular complexity index is 1110. The van der Waals surface area contributed by atoms with Gasteiger partial charge in [0.2, 0.25) is 0 Å². The molecular formula is C26H27N3O3. The van der Waals surface area contributed by atoms with E-state index in [0.717, 1.165) is 11.1 Å². The molecule has 0 spiro atoms. The molecule has 6 heteroatoms. The standard InChI is InChI=1S/C26H27N3O3/c1-17-5-7-18(8-6-17)24(31)29-25(32)28-22-15-13-21(14-16-22)27-23(30)19-9-11-20(12-10-19)26(2,3)4/h5-16H,1-4H3,(H,27,30)(H2,28,29,31,32). The number of anilines is 2. The number of nitrogens with one attached hydrogen (secondary N) is 3. The minimum absolute atomic E-state index is 0.0227. The Balaban J connectivity index is 1.55. The Morgan fingerprint density at radius 2 is 1.09 bits per heavy atom. The molecule has 0 heterocycles. The summed E-state index contributed by atoms with van der Waals surface area (Å²) in [4.78, 5) is 36.7. The van der Waals surface area contributed by atoms with E-state index in [-0.39, 0.29) is 11.3 Å². The smallest absolute Gasteiger partial charge is 0.322 e. The number of aryl methyl sites for hydroxylation is 1. The van der Waals surface area contributed by atoms with Crippen LogP contribution in [0.3, 0.4) is 0 Å². The quantitative estimate of drug-likeness (QED) is 0.511. The highest BCUT2D eigenvalue weighted by molar-refractivity contribution is 6.08. The summed E-state index contributed by atoms with van der Waals surface area (Å²) >= 11 is 0. The normalized spacial score (nSPS) is 10.9. The summed E-state index contributed by atoms with van der Waals surface area (Å²) in [5, 5.41) is 7.73. The first-order valence-electron chi connectivity index (χ1n) is 10.3. The highest BCUT2D eigenvalue weighted by Gasteiger charge is 2.14. The van der Waals surface area contributed by atoms with E-state index >= 15 is 0 Å². The second kappa shape index (κ2) is 9.47. The maximum atomic E-state index is 12.5. The molecular weight excluding hydrogens is 402 g/mol. The fourth-order valence-corrected chi connectivity index (χ4v) is 3.00. The maximum absolute atomic E-state index is 12.5. The van der Waals surface area contributed by atoms with E-state index in [1.165, 1.54) is 0 Å². The zero-order chi connectivity index (χ0) is 23.3. The van der Waals surface area contributed by atoms with Gasteiger partial charge < -0.3 is 10.6 Å². The first-order valence-corrected chi connectivity index (χ1v) is 10.3. The minimum Gasteiger partial charge on any atom is -0.322 e. The van der Waals surface area contributed by atoms with Crippen molar-refractivity contribution in [2.24, 2.45) is 0 Å². The van der Waals surface area contributed by atoms with E-state index in [0.29, 0.717) is 22.5 Å². The molecule has 3 aromatic rings. The highest BCUT2D eigenvalue weighted by atomic mass is 16.2. The van der Waals surface area contributed by atoms with E-state index < -0.39 is 11.9 Å². The molecule has 6 nitrogen and oxygen atoms in total. The lowest BCUT2D eigenvalue weighted by molar-refractivity contribution is 0.0965. The molecule has 0 saturated heterocycles. The van der Waals surface area contributed by atoms with Gasteiger partial charge in [-0.2, -0.15) is 0 Å². The number of hydrogen-bond donors (Lipinski definition) is 3. The van der Waals surface area contributed by atoms with Crippen LogP contribution in [0.1, 0.15) is 52.6 Å². The molecule has 0 fully saturated rings. The van der Waals surface area contributed by atoms with Crippen LogP contribution in [0.5, 0.6) is 0 Å². The van der Waals surface area contributed by atoms with Crippen LogP contribution in [0.15, 0.2) is 72.8 Å². The predicted molar refractivity (Wildman–Crippen MR) is 127 cm³/mol. The first-order chi connectivity index (χ1) is 15.1. The van der Waals surface area contributed by atoms with Gasteiger partial charge in [-0.25, -0.2) is 4.79 Å². The molecule has 0 aliphatic heterocycles. The molecule has 164 valence electrons.